The van der Waals surface area contributed by atoms with Gasteiger partial charge in [0.25, 0.3) is 0 Å². The number of aromatic amines is 1. The number of hydrogen-bond donors (Lipinski definition) is 2. The maximum atomic E-state index is 6.29. The normalized spacial score (nSPS) is 10.8. The van der Waals surface area contributed by atoms with Crippen molar-refractivity contribution in [1.29, 1.82) is 0 Å². The predicted octanol–water partition coefficient (Wildman–Crippen LogP) is 5.24. The van der Waals surface area contributed by atoms with Crippen LogP contribution in [-0.4, -0.2) is 10.2 Å². The highest BCUT2D eigenvalue weighted by atomic mass is 127. The van der Waals surface area contributed by atoms with Crippen molar-refractivity contribution in [1.82, 2.24) is 10.2 Å². The van der Waals surface area contributed by atoms with E-state index in [0.29, 0.717) is 15.9 Å². The van der Waals surface area contributed by atoms with Gasteiger partial charge in [-0.3, -0.25) is 5.10 Å². The van der Waals surface area contributed by atoms with Gasteiger partial charge in [-0.1, -0.05) is 41.4 Å². The number of halogens is 3. The second kappa shape index (κ2) is 5.87. The summed E-state index contributed by atoms with van der Waals surface area (Å²) in [6, 6.07) is 13.2. The maximum absolute atomic E-state index is 6.29. The molecule has 0 aliphatic heterocycles. The number of nitrogens with two attached hydrogens (primary N) is 1. The maximum Gasteiger partial charge on any atom is 0.153 e. The van der Waals surface area contributed by atoms with Gasteiger partial charge in [0, 0.05) is 24.7 Å². The van der Waals surface area contributed by atoms with Crippen LogP contribution >= 0.6 is 45.8 Å². The molecule has 1 heterocycles. The molecule has 0 radical (unpaired) electrons. The highest BCUT2D eigenvalue weighted by Crippen LogP contribution is 2.40. The van der Waals surface area contributed by atoms with Crippen molar-refractivity contribution >= 4 is 51.6 Å². The minimum absolute atomic E-state index is 0.411. The molecule has 106 valence electrons. The molecule has 2 aromatic carbocycles. The topological polar surface area (TPSA) is 54.7 Å². The van der Waals surface area contributed by atoms with Gasteiger partial charge in [-0.25, -0.2) is 0 Å². The van der Waals surface area contributed by atoms with Crippen molar-refractivity contribution in [3.63, 3.8) is 0 Å². The van der Waals surface area contributed by atoms with Crippen molar-refractivity contribution in [2.24, 2.45) is 0 Å². The molecule has 0 fully saturated rings. The molecule has 0 amide bonds. The van der Waals surface area contributed by atoms with Crippen LogP contribution < -0.4 is 5.73 Å². The molecule has 0 saturated carbocycles. The van der Waals surface area contributed by atoms with Crippen LogP contribution in [0.4, 0.5) is 5.82 Å². The molecule has 0 unspecified atom stereocenters. The van der Waals surface area contributed by atoms with Crippen LogP contribution in [0.5, 0.6) is 0 Å². The summed E-state index contributed by atoms with van der Waals surface area (Å²) in [7, 11) is 0. The lowest BCUT2D eigenvalue weighted by atomic mass is 10.0. The zero-order valence-corrected chi connectivity index (χ0v) is 14.4. The SMILES string of the molecule is Nc1n[nH]c(-c2cc(Cl)ccc2I)c1-c1ccccc1Cl. The quantitative estimate of drug-likeness (QED) is 0.547. The molecule has 3 N–H and O–H groups in total. The number of nitrogens with one attached hydrogen (secondary N) is 1. The Bertz CT molecular complexity index is 814. The predicted molar refractivity (Wildman–Crippen MR) is 96.6 cm³/mol. The monoisotopic (exact) mass is 429 g/mol. The lowest BCUT2D eigenvalue weighted by molar-refractivity contribution is 1.10. The minimum atomic E-state index is 0.411. The molecule has 0 atom stereocenters. The number of anilines is 1. The number of nitrogens with zero attached hydrogens (tertiary/aromatic N) is 1. The van der Waals surface area contributed by atoms with Crippen LogP contribution in [0.3, 0.4) is 0 Å². The molecule has 21 heavy (non-hydrogen) atoms. The molecule has 1 aromatic heterocycles. The Kier molecular flexibility index (Phi) is 4.10. The minimum Gasteiger partial charge on any atom is -0.382 e. The molecular weight excluding hydrogens is 420 g/mol. The Morgan fingerprint density at radius 2 is 1.81 bits per heavy atom. The summed E-state index contributed by atoms with van der Waals surface area (Å²) in [4.78, 5) is 0. The first-order chi connectivity index (χ1) is 10.1. The molecule has 3 rings (SSSR count). The van der Waals surface area contributed by atoms with E-state index < -0.39 is 0 Å². The number of rotatable bonds is 2. The summed E-state index contributed by atoms with van der Waals surface area (Å²) >= 11 is 14.7. The van der Waals surface area contributed by atoms with E-state index in [-0.39, 0.29) is 0 Å². The zero-order chi connectivity index (χ0) is 15.0. The summed E-state index contributed by atoms with van der Waals surface area (Å²) in [5, 5.41) is 8.40. The van der Waals surface area contributed by atoms with Gasteiger partial charge in [0.05, 0.1) is 11.3 Å². The number of aromatic nitrogens is 2. The average Bonchev–Trinajstić information content (AvgIpc) is 2.84. The third-order valence-electron chi connectivity index (χ3n) is 3.14. The fourth-order valence-electron chi connectivity index (χ4n) is 2.18. The van der Waals surface area contributed by atoms with E-state index >= 15 is 0 Å². The van der Waals surface area contributed by atoms with E-state index in [1.54, 1.807) is 0 Å². The van der Waals surface area contributed by atoms with Crippen LogP contribution in [0.25, 0.3) is 22.4 Å². The average molecular weight is 430 g/mol. The Balaban J connectivity index is 2.27. The van der Waals surface area contributed by atoms with E-state index in [1.165, 1.54) is 0 Å². The molecular formula is C15H10Cl2IN3. The third-order valence-corrected chi connectivity index (χ3v) is 4.64. The Morgan fingerprint density at radius 3 is 2.57 bits per heavy atom. The van der Waals surface area contributed by atoms with Crippen LogP contribution in [0.15, 0.2) is 42.5 Å². The van der Waals surface area contributed by atoms with Crippen LogP contribution in [0.1, 0.15) is 0 Å². The van der Waals surface area contributed by atoms with E-state index in [0.717, 1.165) is 26.0 Å². The van der Waals surface area contributed by atoms with Crippen LogP contribution in [0.2, 0.25) is 10.0 Å². The highest BCUT2D eigenvalue weighted by Gasteiger charge is 2.18. The van der Waals surface area contributed by atoms with Gasteiger partial charge >= 0.3 is 0 Å². The standard InChI is InChI=1S/C15H10Cl2IN3/c16-8-5-6-12(18)10(7-8)14-13(15(19)21-20-14)9-3-1-2-4-11(9)17/h1-7H,(H3,19,20,21). The van der Waals surface area contributed by atoms with Crippen molar-refractivity contribution in [3.8, 4) is 22.4 Å². The summed E-state index contributed by atoms with van der Waals surface area (Å²) in [6.07, 6.45) is 0. The smallest absolute Gasteiger partial charge is 0.153 e. The lowest BCUT2D eigenvalue weighted by Crippen LogP contribution is -1.90. The molecule has 0 bridgehead atoms. The molecule has 0 aliphatic carbocycles. The lowest BCUT2D eigenvalue weighted by Gasteiger charge is -2.08. The molecule has 3 nitrogen and oxygen atoms in total. The Labute approximate surface area is 145 Å². The molecule has 0 aliphatic rings. The summed E-state index contributed by atoms with van der Waals surface area (Å²) in [5.74, 6) is 0.411. The fourth-order valence-corrected chi connectivity index (χ4v) is 3.18. The van der Waals surface area contributed by atoms with Crippen LogP contribution in [-0.2, 0) is 0 Å². The van der Waals surface area contributed by atoms with Gasteiger partial charge in [0.1, 0.15) is 0 Å². The number of hydrogen-bond acceptors (Lipinski definition) is 2. The number of benzene rings is 2. The summed E-state index contributed by atoms with van der Waals surface area (Å²) in [6.45, 7) is 0. The van der Waals surface area contributed by atoms with E-state index in [2.05, 4.69) is 32.8 Å². The number of nitrogen functional groups attached to an aromatic ring is 1. The first-order valence-corrected chi connectivity index (χ1v) is 7.95. The molecule has 6 heteroatoms. The van der Waals surface area contributed by atoms with Gasteiger partial charge < -0.3 is 5.73 Å². The van der Waals surface area contributed by atoms with Crippen molar-refractivity contribution < 1.29 is 0 Å². The highest BCUT2D eigenvalue weighted by molar-refractivity contribution is 14.1. The van der Waals surface area contributed by atoms with Gasteiger partial charge in [0.15, 0.2) is 5.82 Å². The third kappa shape index (κ3) is 2.75. The largest absolute Gasteiger partial charge is 0.382 e. The van der Waals surface area contributed by atoms with E-state index in [1.807, 2.05) is 42.5 Å². The second-order valence-corrected chi connectivity index (χ2v) is 6.47. The molecule has 0 spiro atoms. The second-order valence-electron chi connectivity index (χ2n) is 4.46. The van der Waals surface area contributed by atoms with Crippen molar-refractivity contribution in [3.05, 3.63) is 56.1 Å². The summed E-state index contributed by atoms with van der Waals surface area (Å²) < 4.78 is 1.05. The van der Waals surface area contributed by atoms with E-state index in [9.17, 15) is 0 Å². The Hall–Kier alpha value is -1.24. The van der Waals surface area contributed by atoms with Gasteiger partial charge in [0.2, 0.25) is 0 Å². The zero-order valence-electron chi connectivity index (χ0n) is 10.7. The van der Waals surface area contributed by atoms with E-state index in [4.69, 9.17) is 28.9 Å². The first kappa shape index (κ1) is 14.7. The summed E-state index contributed by atoms with van der Waals surface area (Å²) in [5.41, 5.74) is 9.43. The molecule has 3 aromatic rings. The van der Waals surface area contributed by atoms with Crippen molar-refractivity contribution in [2.45, 2.75) is 0 Å². The van der Waals surface area contributed by atoms with Crippen molar-refractivity contribution in [2.75, 3.05) is 5.73 Å². The molecule has 0 saturated heterocycles. The van der Waals surface area contributed by atoms with Crippen LogP contribution in [0, 0.1) is 3.57 Å². The van der Waals surface area contributed by atoms with Gasteiger partial charge in [-0.2, -0.15) is 5.10 Å². The first-order valence-electron chi connectivity index (χ1n) is 6.12. The van der Waals surface area contributed by atoms with Gasteiger partial charge in [-0.15, -0.1) is 0 Å². The Morgan fingerprint density at radius 1 is 1.05 bits per heavy atom. The number of H-pyrrole nitrogens is 1. The fraction of sp³-hybridized carbons (Fsp3) is 0. The van der Waals surface area contributed by atoms with Gasteiger partial charge in [-0.05, 0) is 46.9 Å².